The third-order valence-electron chi connectivity index (χ3n) is 1.97. The molecule has 1 rings (SSSR count). The summed E-state index contributed by atoms with van der Waals surface area (Å²) in [6, 6.07) is 1.60. The van der Waals surface area contributed by atoms with Crippen molar-refractivity contribution in [2.75, 3.05) is 5.75 Å². The highest BCUT2D eigenvalue weighted by Gasteiger charge is 2.22. The maximum absolute atomic E-state index is 10.7. The second kappa shape index (κ2) is 6.15. The summed E-state index contributed by atoms with van der Waals surface area (Å²) in [6.45, 7) is 1.39. The van der Waals surface area contributed by atoms with E-state index in [9.17, 15) is 19.8 Å². The molecule has 16 heavy (non-hydrogen) atoms. The highest BCUT2D eigenvalue weighted by atomic mass is 32.2. The molecule has 1 aromatic heterocycles. The number of carbonyl (C=O) groups excluding carboxylic acids is 2. The van der Waals surface area contributed by atoms with E-state index in [1.54, 1.807) is 11.4 Å². The van der Waals surface area contributed by atoms with E-state index in [4.69, 9.17) is 0 Å². The zero-order valence-electron chi connectivity index (χ0n) is 8.62. The summed E-state index contributed by atoms with van der Waals surface area (Å²) >= 11 is 2.15. The Bertz CT molecular complexity index is 375. The second-order valence-corrected chi connectivity index (χ2v) is 5.32. The Kier molecular flexibility index (Phi) is 5.14. The minimum absolute atomic E-state index is 0.116. The minimum Gasteiger partial charge on any atom is -0.389 e. The first-order valence-electron chi connectivity index (χ1n) is 4.58. The van der Waals surface area contributed by atoms with Gasteiger partial charge in [0.15, 0.2) is 11.4 Å². The maximum atomic E-state index is 10.7. The molecule has 2 atom stereocenters. The van der Waals surface area contributed by atoms with Gasteiger partial charge in [-0.3, -0.25) is 9.59 Å². The molecule has 0 amide bonds. The van der Waals surface area contributed by atoms with E-state index in [0.29, 0.717) is 16.7 Å². The van der Waals surface area contributed by atoms with Gasteiger partial charge >= 0.3 is 0 Å². The number of hydrogen-bond acceptors (Lipinski definition) is 6. The lowest BCUT2D eigenvalue weighted by atomic mass is 10.1. The molecule has 2 N–H and O–H groups in total. The topological polar surface area (TPSA) is 74.6 Å². The molecule has 88 valence electrons. The van der Waals surface area contributed by atoms with Crippen molar-refractivity contribution in [1.82, 2.24) is 0 Å². The largest absolute Gasteiger partial charge is 0.389 e. The fourth-order valence-corrected chi connectivity index (χ4v) is 2.50. The molecule has 0 saturated carbocycles. The number of thioether (sulfide) groups is 1. The molecule has 2 unspecified atom stereocenters. The quantitative estimate of drug-likeness (QED) is 0.779. The number of aliphatic hydroxyl groups excluding tert-OH is 2. The number of carbonyl (C=O) groups is 2. The van der Waals surface area contributed by atoms with Gasteiger partial charge in [-0.05, 0) is 11.4 Å². The molecule has 4 nitrogen and oxygen atoms in total. The van der Waals surface area contributed by atoms with Crippen LogP contribution >= 0.6 is 23.1 Å². The van der Waals surface area contributed by atoms with Gasteiger partial charge in [0.25, 0.3) is 0 Å². The number of hydrogen-bond donors (Lipinski definition) is 2. The lowest BCUT2D eigenvalue weighted by molar-refractivity contribution is -0.109. The van der Waals surface area contributed by atoms with Crippen LogP contribution in [0.1, 0.15) is 28.3 Å². The molecule has 0 saturated heterocycles. The Morgan fingerprint density at radius 1 is 1.62 bits per heavy atom. The van der Waals surface area contributed by atoms with Crippen LogP contribution in [0.4, 0.5) is 0 Å². The predicted molar refractivity (Wildman–Crippen MR) is 63.8 cm³/mol. The van der Waals surface area contributed by atoms with Crippen LogP contribution in [-0.4, -0.2) is 33.5 Å². The molecule has 0 aliphatic rings. The molecule has 0 bridgehead atoms. The summed E-state index contributed by atoms with van der Waals surface area (Å²) in [5.41, 5.74) is 0.414. The number of aliphatic hydroxyl groups is 2. The van der Waals surface area contributed by atoms with Gasteiger partial charge in [-0.15, -0.1) is 11.3 Å². The second-order valence-electron chi connectivity index (χ2n) is 3.17. The van der Waals surface area contributed by atoms with E-state index in [1.165, 1.54) is 18.3 Å². The normalized spacial score (nSPS) is 14.4. The number of aldehydes is 1. The molecule has 0 aromatic carbocycles. The Balaban J connectivity index is 2.66. The lowest BCUT2D eigenvalue weighted by Crippen LogP contribution is -2.21. The van der Waals surface area contributed by atoms with Gasteiger partial charge in [0.2, 0.25) is 0 Å². The number of thiophene rings is 1. The fourth-order valence-electron chi connectivity index (χ4n) is 1.17. The Labute approximate surface area is 101 Å². The highest BCUT2D eigenvalue weighted by Crippen LogP contribution is 2.26. The van der Waals surface area contributed by atoms with Gasteiger partial charge in [0, 0.05) is 18.2 Å². The third-order valence-corrected chi connectivity index (χ3v) is 3.75. The summed E-state index contributed by atoms with van der Waals surface area (Å²) in [6.07, 6.45) is -1.53. The molecule has 0 radical (unpaired) electrons. The van der Waals surface area contributed by atoms with E-state index in [2.05, 4.69) is 0 Å². The van der Waals surface area contributed by atoms with Crippen molar-refractivity contribution in [3.05, 3.63) is 21.9 Å². The van der Waals surface area contributed by atoms with E-state index in [0.717, 1.165) is 11.8 Å². The standard InChI is InChI=1S/C10H12O4S2/c1-6(12)16-5-8(13)10(14)7-2-3-15-9(7)4-11/h2-4,8,10,13-14H,5H2,1H3. The van der Waals surface area contributed by atoms with Crippen molar-refractivity contribution in [3.8, 4) is 0 Å². The van der Waals surface area contributed by atoms with Gasteiger partial charge < -0.3 is 10.2 Å². The van der Waals surface area contributed by atoms with Crippen molar-refractivity contribution in [1.29, 1.82) is 0 Å². The van der Waals surface area contributed by atoms with Crippen LogP contribution in [0.25, 0.3) is 0 Å². The van der Waals surface area contributed by atoms with Crippen molar-refractivity contribution in [2.24, 2.45) is 0 Å². The Morgan fingerprint density at radius 2 is 2.31 bits per heavy atom. The third kappa shape index (κ3) is 3.41. The van der Waals surface area contributed by atoms with Crippen molar-refractivity contribution in [2.45, 2.75) is 19.1 Å². The maximum Gasteiger partial charge on any atom is 0.185 e. The van der Waals surface area contributed by atoms with E-state index in [1.807, 2.05) is 0 Å². The first-order valence-corrected chi connectivity index (χ1v) is 6.45. The van der Waals surface area contributed by atoms with Crippen molar-refractivity contribution in [3.63, 3.8) is 0 Å². The van der Waals surface area contributed by atoms with Crippen LogP contribution in [0.15, 0.2) is 11.4 Å². The molecule has 0 aliphatic heterocycles. The van der Waals surface area contributed by atoms with Gasteiger partial charge in [-0.25, -0.2) is 0 Å². The monoisotopic (exact) mass is 260 g/mol. The van der Waals surface area contributed by atoms with Crippen molar-refractivity contribution < 1.29 is 19.8 Å². The molecular formula is C10H12O4S2. The highest BCUT2D eigenvalue weighted by molar-refractivity contribution is 8.13. The van der Waals surface area contributed by atoms with Crippen LogP contribution in [0, 0.1) is 0 Å². The molecule has 6 heteroatoms. The summed E-state index contributed by atoms with van der Waals surface area (Å²) in [7, 11) is 0. The summed E-state index contributed by atoms with van der Waals surface area (Å²) in [5.74, 6) is 0.116. The zero-order valence-corrected chi connectivity index (χ0v) is 10.3. The molecule has 0 aliphatic carbocycles. The van der Waals surface area contributed by atoms with Crippen LogP contribution < -0.4 is 0 Å². The Morgan fingerprint density at radius 3 is 2.88 bits per heavy atom. The summed E-state index contributed by atoms with van der Waals surface area (Å²) in [5, 5.41) is 21.0. The van der Waals surface area contributed by atoms with Crippen LogP contribution in [0.2, 0.25) is 0 Å². The molecule has 1 heterocycles. The minimum atomic E-state index is -1.13. The van der Waals surface area contributed by atoms with Crippen LogP contribution in [0.3, 0.4) is 0 Å². The number of rotatable bonds is 5. The van der Waals surface area contributed by atoms with E-state index < -0.39 is 12.2 Å². The van der Waals surface area contributed by atoms with Gasteiger partial charge in [0.05, 0.1) is 11.0 Å². The smallest absolute Gasteiger partial charge is 0.185 e. The molecular weight excluding hydrogens is 248 g/mol. The van der Waals surface area contributed by atoms with E-state index >= 15 is 0 Å². The predicted octanol–water partition coefficient (Wildman–Crippen LogP) is 1.23. The molecule has 0 fully saturated rings. The van der Waals surface area contributed by atoms with E-state index in [-0.39, 0.29) is 10.9 Å². The van der Waals surface area contributed by atoms with Gasteiger partial charge in [0.1, 0.15) is 6.10 Å². The fraction of sp³-hybridized carbons (Fsp3) is 0.400. The SMILES string of the molecule is CC(=O)SCC(O)C(O)c1ccsc1C=O. The average Bonchev–Trinajstić information content (AvgIpc) is 2.72. The summed E-state index contributed by atoms with van der Waals surface area (Å²) < 4.78 is 0. The average molecular weight is 260 g/mol. The van der Waals surface area contributed by atoms with Gasteiger partial charge in [-0.2, -0.15) is 0 Å². The molecule has 0 spiro atoms. The molecule has 1 aromatic rings. The first kappa shape index (κ1) is 13.4. The lowest BCUT2D eigenvalue weighted by Gasteiger charge is -2.16. The van der Waals surface area contributed by atoms with Crippen LogP contribution in [0.5, 0.6) is 0 Å². The van der Waals surface area contributed by atoms with Crippen LogP contribution in [-0.2, 0) is 4.79 Å². The Hall–Kier alpha value is -0.690. The summed E-state index contributed by atoms with van der Waals surface area (Å²) in [4.78, 5) is 21.7. The van der Waals surface area contributed by atoms with Crippen molar-refractivity contribution >= 4 is 34.5 Å². The zero-order chi connectivity index (χ0) is 12.1. The first-order chi connectivity index (χ1) is 7.56. The van der Waals surface area contributed by atoms with Gasteiger partial charge in [-0.1, -0.05) is 11.8 Å².